The van der Waals surface area contributed by atoms with Gasteiger partial charge in [0.1, 0.15) is 0 Å². The molecule has 0 unspecified atom stereocenters. The van der Waals surface area contributed by atoms with E-state index in [0.717, 1.165) is 164 Å². The summed E-state index contributed by atoms with van der Waals surface area (Å²) < 4.78 is 0. The molecule has 1 N–H and O–H groups in total. The number of aliphatic hydroxyl groups excluding tert-OH is 1. The van der Waals surface area contributed by atoms with E-state index in [1.165, 1.54) is 173 Å². The summed E-state index contributed by atoms with van der Waals surface area (Å²) in [6, 6.07) is 121. The van der Waals surface area contributed by atoms with E-state index in [0.29, 0.717) is 5.92 Å². The Morgan fingerprint density at radius 2 is 0.819 bits per heavy atom. The molecule has 7 heterocycles. The van der Waals surface area contributed by atoms with E-state index >= 15 is 0 Å². The second-order valence-electron chi connectivity index (χ2n) is 41.2. The Kier molecular flexibility index (Phi) is 39.9. The zero-order chi connectivity index (χ0) is 99.7. The first-order chi connectivity index (χ1) is 71.1. The molecule has 18 aromatic rings. The molecule has 30 rings (SSSR count). The van der Waals surface area contributed by atoms with E-state index in [-0.39, 0.29) is 104 Å². The Morgan fingerprint density at radius 3 is 1.30 bits per heavy atom. The molecule has 4 saturated carbocycles. The van der Waals surface area contributed by atoms with Gasteiger partial charge in [-0.1, -0.05) is 165 Å². The quantitative estimate of drug-likeness (QED) is 0.0571. The van der Waals surface area contributed by atoms with Crippen molar-refractivity contribution in [3.8, 4) is 78.8 Å². The van der Waals surface area contributed by atoms with Gasteiger partial charge in [0.25, 0.3) is 0 Å². The van der Waals surface area contributed by atoms with Crippen molar-refractivity contribution in [2.24, 2.45) is 23.7 Å². The number of carbonyl (C=O) groups excluding carboxylic acids is 1. The SMILES string of the molecule is CC(C)Cc1cccc2nc(-c3[c-]ccc4c3C3CC(C4)C3)ccc12.CCC(CC)C(=O)C=C(O)C(CC)CC.Cc1[c-]c(-c2nccc3c4c(ccc23)C2CCC4CC2)cc(C)c1.Cc1cccc(-c2[c-]cccc2)n1.[Ir].[Ir].[Ir].[Ir].[c-]1ccccc1-c1ccccn1.[c-]1ccccc1-c1ccccn1.[c-]1ccccc1-c1nccc2cc3c(cc12)C1CCC3CC1.[c-]1ccccc1-c1nccc2cc3c(cc12)C1CCC3CC1. The number of benzene rings is 11. The van der Waals surface area contributed by atoms with E-state index < -0.39 is 0 Å². The van der Waals surface area contributed by atoms with Crippen molar-refractivity contribution >= 4 is 49.0 Å². The maximum Gasteiger partial charge on any atom is 0.162 e. The third kappa shape index (κ3) is 26.6. The monoisotopic (exact) mass is 2670 g/mol. The Balaban J connectivity index is 0.000000129. The van der Waals surface area contributed by atoms with Gasteiger partial charge in [0.2, 0.25) is 0 Å². The van der Waals surface area contributed by atoms with E-state index in [1.54, 1.807) is 45.8 Å². The zero-order valence-corrected chi connectivity index (χ0v) is 96.5. The molecule has 11 aromatic carbocycles. The van der Waals surface area contributed by atoms with Gasteiger partial charge in [0.15, 0.2) is 5.78 Å². The number of nitrogens with zero attached hydrogens (tertiary/aromatic N) is 7. The average Bonchev–Trinajstić information content (AvgIpc) is 0.762. The van der Waals surface area contributed by atoms with E-state index in [1.807, 2.05) is 205 Å². The summed E-state index contributed by atoms with van der Waals surface area (Å²) in [4.78, 5) is 43.7. The van der Waals surface area contributed by atoms with Gasteiger partial charge in [-0.2, -0.15) is 0 Å². The topological polar surface area (TPSA) is 128 Å². The summed E-state index contributed by atoms with van der Waals surface area (Å²) in [5.74, 6) is 7.56. The van der Waals surface area contributed by atoms with E-state index in [9.17, 15) is 9.90 Å². The van der Waals surface area contributed by atoms with E-state index in [4.69, 9.17) is 9.97 Å². The van der Waals surface area contributed by atoms with Gasteiger partial charge in [0, 0.05) is 140 Å². The fourth-order valence-corrected chi connectivity index (χ4v) is 23.9. The number of hydrogen-bond donors (Lipinski definition) is 1. The van der Waals surface area contributed by atoms with Crippen molar-refractivity contribution in [3.63, 3.8) is 0 Å². The van der Waals surface area contributed by atoms with Gasteiger partial charge < -0.3 is 35.0 Å². The standard InChI is InChI=1S/C24H24N.C23H22N.2C21H18N.C13H24O2.C12H10N.2C11H8N.4Ir/c1-15(2)11-17-5-4-8-22-20(17)9-10-23(25-22)21-7-3-6-18-12-16-13-19(14-16)24(18)21;1-14-11-15(2)13-18(12-14)23-21-8-7-19-16-3-5-17(6-4-16)22(19)20(21)9-10-24-23;2*1-2-4-16(5-3-1)21-20-13-19-15-8-6-14(7-9-15)18(19)12-17(20)10-11-22-21;1-5-10(6-2)12(14)9-13(15)11(7-3)8-4;1-10-6-5-9-12(13-10)11-7-3-2-4-8-11;2*1-2-6-10(7-3-1)11-8-4-5-9-12-11;;;;/h3-6,8-10,15-16,19H,11-14H2,1-2H3;7-12,16-17H,3-6H2,1-2H3;2*1-4,10-15H,6-9H2;9-11,14H,5-8H2,1-4H3;2-7,9H,1H3;2*1-6,8-9H;;;;/q4*-1;;3*-1;;;;. The number of hydrogen-bond acceptors (Lipinski definition) is 9. The fraction of sp³-hybridized carbons (Fsp3) is 0.294. The molecule has 12 aliphatic rings. The summed E-state index contributed by atoms with van der Waals surface area (Å²) in [5.41, 5.74) is 33.7. The van der Waals surface area contributed by atoms with Crippen molar-refractivity contribution in [1.29, 1.82) is 0 Å². The minimum Gasteiger partial charge on any atom is -0.512 e. The summed E-state index contributed by atoms with van der Waals surface area (Å²) in [6.45, 7) is 18.9. The molecule has 7 aromatic heterocycles. The predicted molar refractivity (Wildman–Crippen MR) is 597 cm³/mol. The third-order valence-corrected chi connectivity index (χ3v) is 31.3. The molecule has 13 heteroatoms. The molecule has 149 heavy (non-hydrogen) atoms. The molecule has 0 amide bonds. The number of allylic oxidation sites excluding steroid dienone is 2. The van der Waals surface area contributed by atoms with Crippen molar-refractivity contribution in [1.82, 2.24) is 34.9 Å². The van der Waals surface area contributed by atoms with Crippen LogP contribution in [-0.4, -0.2) is 45.8 Å². The van der Waals surface area contributed by atoms with Crippen LogP contribution < -0.4 is 0 Å². The van der Waals surface area contributed by atoms with Crippen LogP contribution in [0.5, 0.6) is 0 Å². The zero-order valence-electron chi connectivity index (χ0n) is 86.9. The van der Waals surface area contributed by atoms with Crippen LogP contribution in [0.15, 0.2) is 328 Å². The first-order valence-corrected chi connectivity index (χ1v) is 53.3. The van der Waals surface area contributed by atoms with Crippen LogP contribution in [-0.2, 0) is 98.1 Å². The molecule has 0 spiro atoms. The molecule has 4 fully saturated rings. The van der Waals surface area contributed by atoms with Crippen LogP contribution in [0.3, 0.4) is 0 Å². The second kappa shape index (κ2) is 53.3. The summed E-state index contributed by atoms with van der Waals surface area (Å²) in [5, 5.41) is 19.0. The maximum atomic E-state index is 11.7. The molecule has 12 aliphatic carbocycles. The first kappa shape index (κ1) is 111. The van der Waals surface area contributed by atoms with Gasteiger partial charge in [-0.05, 0) is 329 Å². The fourth-order valence-electron chi connectivity index (χ4n) is 23.9. The molecule has 4 radical (unpaired) electrons. The Labute approximate surface area is 937 Å². The smallest absolute Gasteiger partial charge is 0.162 e. The molecular formula is C136H132Ir4N7O2-7. The number of rotatable bonds is 16. The summed E-state index contributed by atoms with van der Waals surface area (Å²) in [6.07, 6.45) is 35.9. The second-order valence-corrected chi connectivity index (χ2v) is 41.2. The van der Waals surface area contributed by atoms with Crippen molar-refractivity contribution in [3.05, 3.63) is 437 Å². The Bertz CT molecular complexity index is 7150. The summed E-state index contributed by atoms with van der Waals surface area (Å²) in [7, 11) is 0. The largest absolute Gasteiger partial charge is 0.512 e. The third-order valence-electron chi connectivity index (χ3n) is 31.3. The number of aromatic nitrogens is 7. The molecule has 766 valence electrons. The number of aliphatic hydroxyl groups is 1. The summed E-state index contributed by atoms with van der Waals surface area (Å²) >= 11 is 0. The molecule has 8 bridgehead atoms. The van der Waals surface area contributed by atoms with Crippen LogP contribution in [0, 0.1) is 86.9 Å². The minimum atomic E-state index is 0. The molecular weight excluding hydrogens is 2530 g/mol. The molecule has 0 saturated heterocycles. The van der Waals surface area contributed by atoms with Crippen LogP contribution >= 0.6 is 0 Å². The van der Waals surface area contributed by atoms with Gasteiger partial charge in [0.05, 0.1) is 11.3 Å². The number of aryl methyl sites for hydroxylation is 3. The van der Waals surface area contributed by atoms with Crippen molar-refractivity contribution < 1.29 is 90.3 Å². The maximum absolute atomic E-state index is 11.7. The van der Waals surface area contributed by atoms with Crippen LogP contribution in [0.2, 0.25) is 0 Å². The number of carbonyl (C=O) groups is 1. The number of pyridine rings is 7. The first-order valence-electron chi connectivity index (χ1n) is 53.3. The van der Waals surface area contributed by atoms with Gasteiger partial charge >= 0.3 is 0 Å². The number of fused-ring (bicyclic) bond motifs is 10. The molecule has 9 nitrogen and oxygen atoms in total. The Morgan fingerprint density at radius 1 is 0.362 bits per heavy atom. The molecule has 0 aliphatic heterocycles. The van der Waals surface area contributed by atoms with Crippen LogP contribution in [0.1, 0.15) is 265 Å². The Hall–Kier alpha value is -11.7. The average molecular weight is 2670 g/mol. The minimum absolute atomic E-state index is 0. The predicted octanol–water partition coefficient (Wildman–Crippen LogP) is 34.8. The van der Waals surface area contributed by atoms with Crippen molar-refractivity contribution in [2.75, 3.05) is 0 Å². The van der Waals surface area contributed by atoms with E-state index in [2.05, 4.69) is 229 Å². The normalized spacial score (nSPS) is 17.5. The van der Waals surface area contributed by atoms with Gasteiger partial charge in [-0.3, -0.25) is 9.78 Å². The molecule has 0 atom stereocenters. The van der Waals surface area contributed by atoms with Crippen molar-refractivity contribution in [2.45, 2.75) is 232 Å². The van der Waals surface area contributed by atoms with Gasteiger partial charge in [-0.25, -0.2) is 0 Å². The van der Waals surface area contributed by atoms with Gasteiger partial charge in [-0.15, -0.1) is 249 Å². The van der Waals surface area contributed by atoms with Crippen LogP contribution in [0.4, 0.5) is 0 Å². The number of ketones is 1. The van der Waals surface area contributed by atoms with Crippen LogP contribution in [0.25, 0.3) is 122 Å².